The van der Waals surface area contributed by atoms with Crippen molar-refractivity contribution < 1.29 is 9.15 Å². The van der Waals surface area contributed by atoms with Crippen molar-refractivity contribution in [3.8, 4) is 17.2 Å². The predicted molar refractivity (Wildman–Crippen MR) is 95.2 cm³/mol. The van der Waals surface area contributed by atoms with Gasteiger partial charge in [-0.05, 0) is 56.9 Å². The van der Waals surface area contributed by atoms with Crippen molar-refractivity contribution in [3.63, 3.8) is 0 Å². The van der Waals surface area contributed by atoms with Gasteiger partial charge in [-0.2, -0.15) is 0 Å². The number of benzene rings is 1. The third kappa shape index (κ3) is 3.47. The summed E-state index contributed by atoms with van der Waals surface area (Å²) in [6, 6.07) is 4.47. The first kappa shape index (κ1) is 17.0. The van der Waals surface area contributed by atoms with E-state index in [4.69, 9.17) is 19.9 Å². The molecule has 5 heteroatoms. The van der Waals surface area contributed by atoms with Gasteiger partial charge in [-0.3, -0.25) is 4.90 Å². The van der Waals surface area contributed by atoms with Gasteiger partial charge in [0.05, 0.1) is 12.8 Å². The largest absolute Gasteiger partial charge is 0.496 e. The number of oxazole rings is 1. The number of likely N-dealkylation sites (tertiary alicyclic amines) is 1. The number of hydrogen-bond donors (Lipinski definition) is 1. The Morgan fingerprint density at radius 3 is 2.58 bits per heavy atom. The number of ether oxygens (including phenoxy) is 1. The van der Waals surface area contributed by atoms with Crippen molar-refractivity contribution in [2.45, 2.75) is 46.2 Å². The van der Waals surface area contributed by atoms with Crippen molar-refractivity contribution in [1.82, 2.24) is 9.88 Å². The molecule has 130 valence electrons. The number of methoxy groups -OCH3 is 1. The van der Waals surface area contributed by atoms with Crippen molar-refractivity contribution in [1.29, 1.82) is 0 Å². The highest BCUT2D eigenvalue weighted by Gasteiger charge is 2.20. The van der Waals surface area contributed by atoms with Crippen LogP contribution in [0.5, 0.6) is 5.75 Å². The molecule has 1 aliphatic heterocycles. The van der Waals surface area contributed by atoms with E-state index in [0.29, 0.717) is 11.9 Å². The lowest BCUT2D eigenvalue weighted by Gasteiger charge is -2.29. The Kier molecular flexibility index (Phi) is 4.92. The first-order valence-corrected chi connectivity index (χ1v) is 8.57. The lowest BCUT2D eigenvalue weighted by Crippen LogP contribution is -2.39. The van der Waals surface area contributed by atoms with Crippen LogP contribution in [0.15, 0.2) is 16.5 Å². The molecule has 0 unspecified atom stereocenters. The maximum atomic E-state index is 5.98. The van der Waals surface area contributed by atoms with Gasteiger partial charge in [0, 0.05) is 31.2 Å². The van der Waals surface area contributed by atoms with Gasteiger partial charge in [-0.15, -0.1) is 0 Å². The second kappa shape index (κ2) is 6.95. The van der Waals surface area contributed by atoms with E-state index in [1.165, 1.54) is 0 Å². The van der Waals surface area contributed by atoms with E-state index in [-0.39, 0.29) is 0 Å². The maximum Gasteiger partial charge on any atom is 0.226 e. The predicted octanol–water partition coefficient (Wildman–Crippen LogP) is 3.20. The average Bonchev–Trinajstić information content (AvgIpc) is 2.92. The van der Waals surface area contributed by atoms with E-state index < -0.39 is 0 Å². The number of rotatable bonds is 4. The zero-order chi connectivity index (χ0) is 17.3. The van der Waals surface area contributed by atoms with Gasteiger partial charge in [0.1, 0.15) is 11.5 Å². The normalized spacial score (nSPS) is 16.5. The first-order chi connectivity index (χ1) is 11.5. The Morgan fingerprint density at radius 2 is 1.92 bits per heavy atom. The number of piperidine rings is 1. The Balaban J connectivity index is 1.82. The Bertz CT molecular complexity index is 716. The highest BCUT2D eigenvalue weighted by Crippen LogP contribution is 2.31. The molecule has 0 aliphatic carbocycles. The number of nitrogens with two attached hydrogens (primary N) is 1. The molecule has 0 saturated carbocycles. The summed E-state index contributed by atoms with van der Waals surface area (Å²) in [5.41, 5.74) is 10.2. The number of aryl methyl sites for hydroxylation is 3. The highest BCUT2D eigenvalue weighted by atomic mass is 16.5. The topological polar surface area (TPSA) is 64.5 Å². The van der Waals surface area contributed by atoms with Crippen LogP contribution in [0, 0.1) is 20.8 Å². The molecule has 1 fully saturated rings. The summed E-state index contributed by atoms with van der Waals surface area (Å²) >= 11 is 0. The molecular formula is C19H27N3O2. The van der Waals surface area contributed by atoms with E-state index >= 15 is 0 Å². The van der Waals surface area contributed by atoms with Gasteiger partial charge in [-0.25, -0.2) is 4.98 Å². The lowest BCUT2D eigenvalue weighted by molar-refractivity contribution is 0.203. The number of aromatic nitrogens is 1. The minimum atomic E-state index is 0.347. The van der Waals surface area contributed by atoms with Gasteiger partial charge in [0.15, 0.2) is 0 Å². The molecule has 0 atom stereocenters. The van der Waals surface area contributed by atoms with Crippen LogP contribution in [0.25, 0.3) is 11.5 Å². The smallest absolute Gasteiger partial charge is 0.226 e. The lowest BCUT2D eigenvalue weighted by atomic mass is 10.0. The van der Waals surface area contributed by atoms with Crippen LogP contribution >= 0.6 is 0 Å². The standard InChI is InChI=1S/C19H27N3O2/c1-12-10-18(23-4)13(2)9-16(12)19-21-17(14(3)24-19)11-22-7-5-15(20)6-8-22/h9-10,15H,5-8,11,20H2,1-4H3. The summed E-state index contributed by atoms with van der Waals surface area (Å²) in [4.78, 5) is 7.18. The van der Waals surface area contributed by atoms with Crippen LogP contribution in [0.2, 0.25) is 0 Å². The molecule has 2 aromatic rings. The molecule has 0 amide bonds. The zero-order valence-electron chi connectivity index (χ0n) is 15.1. The van der Waals surface area contributed by atoms with Gasteiger partial charge in [0.2, 0.25) is 5.89 Å². The van der Waals surface area contributed by atoms with Crippen LogP contribution in [0.4, 0.5) is 0 Å². The monoisotopic (exact) mass is 329 g/mol. The molecule has 3 rings (SSSR count). The molecule has 2 N–H and O–H groups in total. The summed E-state index contributed by atoms with van der Waals surface area (Å²) in [7, 11) is 1.69. The summed E-state index contributed by atoms with van der Waals surface area (Å²) in [5.74, 6) is 2.48. The maximum absolute atomic E-state index is 5.98. The van der Waals surface area contributed by atoms with Gasteiger partial charge >= 0.3 is 0 Å². The molecule has 1 aromatic carbocycles. The number of nitrogens with zero attached hydrogens (tertiary/aromatic N) is 2. The Hall–Kier alpha value is -1.85. The van der Waals surface area contributed by atoms with Crippen molar-refractivity contribution in [2.75, 3.05) is 20.2 Å². The fourth-order valence-electron chi connectivity index (χ4n) is 3.25. The van der Waals surface area contributed by atoms with E-state index in [1.807, 2.05) is 19.9 Å². The molecule has 1 aromatic heterocycles. The summed E-state index contributed by atoms with van der Waals surface area (Å²) in [5, 5.41) is 0. The zero-order valence-corrected chi connectivity index (χ0v) is 15.1. The van der Waals surface area contributed by atoms with Crippen LogP contribution in [-0.4, -0.2) is 36.1 Å². The van der Waals surface area contributed by atoms with Crippen LogP contribution in [0.3, 0.4) is 0 Å². The van der Waals surface area contributed by atoms with Gasteiger partial charge in [-0.1, -0.05) is 0 Å². The van der Waals surface area contributed by atoms with Gasteiger partial charge < -0.3 is 14.9 Å². The third-order valence-corrected chi connectivity index (χ3v) is 4.87. The van der Waals surface area contributed by atoms with Crippen LogP contribution in [-0.2, 0) is 6.54 Å². The molecule has 24 heavy (non-hydrogen) atoms. The SMILES string of the molecule is COc1cc(C)c(-c2nc(CN3CCC(N)CC3)c(C)o2)cc1C. The van der Waals surface area contributed by atoms with Crippen LogP contribution < -0.4 is 10.5 Å². The van der Waals surface area contributed by atoms with E-state index in [9.17, 15) is 0 Å². The third-order valence-electron chi connectivity index (χ3n) is 4.87. The van der Waals surface area contributed by atoms with Gasteiger partial charge in [0.25, 0.3) is 0 Å². The summed E-state index contributed by atoms with van der Waals surface area (Å²) in [6.45, 7) is 8.98. The average molecular weight is 329 g/mol. The highest BCUT2D eigenvalue weighted by molar-refractivity contribution is 5.62. The van der Waals surface area contributed by atoms with Crippen molar-refractivity contribution in [3.05, 3.63) is 34.7 Å². The minimum absolute atomic E-state index is 0.347. The molecule has 5 nitrogen and oxygen atoms in total. The molecule has 2 heterocycles. The molecule has 0 spiro atoms. The molecule has 0 radical (unpaired) electrons. The van der Waals surface area contributed by atoms with E-state index in [1.54, 1.807) is 7.11 Å². The molecule has 0 bridgehead atoms. The Morgan fingerprint density at radius 1 is 1.21 bits per heavy atom. The second-order valence-corrected chi connectivity index (χ2v) is 6.77. The quantitative estimate of drug-likeness (QED) is 0.933. The summed E-state index contributed by atoms with van der Waals surface area (Å²) < 4.78 is 11.4. The Labute approximate surface area is 143 Å². The minimum Gasteiger partial charge on any atom is -0.496 e. The summed E-state index contributed by atoms with van der Waals surface area (Å²) in [6.07, 6.45) is 2.11. The molecule has 1 saturated heterocycles. The van der Waals surface area contributed by atoms with Crippen molar-refractivity contribution >= 4 is 0 Å². The number of hydrogen-bond acceptors (Lipinski definition) is 5. The van der Waals surface area contributed by atoms with E-state index in [2.05, 4.69) is 17.9 Å². The fourth-order valence-corrected chi connectivity index (χ4v) is 3.25. The van der Waals surface area contributed by atoms with Crippen molar-refractivity contribution in [2.24, 2.45) is 5.73 Å². The van der Waals surface area contributed by atoms with Crippen LogP contribution in [0.1, 0.15) is 35.4 Å². The first-order valence-electron chi connectivity index (χ1n) is 8.57. The molecular weight excluding hydrogens is 302 g/mol. The fraction of sp³-hybridized carbons (Fsp3) is 0.526. The molecule has 1 aliphatic rings. The van der Waals surface area contributed by atoms with E-state index in [0.717, 1.165) is 66.4 Å². The second-order valence-electron chi connectivity index (χ2n) is 6.77.